The van der Waals surface area contributed by atoms with Crippen LogP contribution in [0.4, 0.5) is 4.39 Å². The molecule has 3 N–H and O–H groups in total. The van der Waals surface area contributed by atoms with Crippen LogP contribution in [0.1, 0.15) is 40.3 Å². The van der Waals surface area contributed by atoms with Crippen molar-refractivity contribution in [2.45, 2.75) is 38.6 Å². The molecule has 1 atom stereocenters. The molecular weight excluding hydrogens is 263 g/mol. The highest BCUT2D eigenvalue weighted by Crippen LogP contribution is 2.27. The first-order chi connectivity index (χ1) is 10.2. The Morgan fingerprint density at radius 3 is 2.76 bits per heavy atom. The molecule has 3 rings (SSSR count). The van der Waals surface area contributed by atoms with Gasteiger partial charge in [-0.25, -0.2) is 4.39 Å². The van der Waals surface area contributed by atoms with Crippen molar-refractivity contribution in [1.82, 2.24) is 5.43 Å². The Morgan fingerprint density at radius 2 is 1.95 bits per heavy atom. The average Bonchev–Trinajstić information content (AvgIpc) is 2.95. The third-order valence-electron chi connectivity index (χ3n) is 4.46. The van der Waals surface area contributed by atoms with Crippen LogP contribution in [-0.2, 0) is 19.3 Å². The molecule has 0 aromatic heterocycles. The summed E-state index contributed by atoms with van der Waals surface area (Å²) in [5.41, 5.74) is 9.05. The summed E-state index contributed by atoms with van der Waals surface area (Å²) in [6.45, 7) is 2.01. The fourth-order valence-corrected chi connectivity index (χ4v) is 3.16. The van der Waals surface area contributed by atoms with Crippen LogP contribution in [0.5, 0.6) is 0 Å². The molecular formula is C18H21FN2. The standard InChI is InChI=1S/C18H21FN2/c1-12-5-8-17(19)10-16(12)11-18(21-20)15-7-6-13-3-2-4-14(13)9-15/h5-10,18,21H,2-4,11,20H2,1H3. The first-order valence-electron chi connectivity index (χ1n) is 7.50. The predicted octanol–water partition coefficient (Wildman–Crippen LogP) is 3.37. The van der Waals surface area contributed by atoms with E-state index in [0.29, 0.717) is 6.42 Å². The second kappa shape index (κ2) is 5.96. The molecule has 0 bridgehead atoms. The van der Waals surface area contributed by atoms with Gasteiger partial charge in [0.2, 0.25) is 0 Å². The van der Waals surface area contributed by atoms with Gasteiger partial charge in [-0.3, -0.25) is 11.3 Å². The van der Waals surface area contributed by atoms with Gasteiger partial charge < -0.3 is 0 Å². The van der Waals surface area contributed by atoms with Crippen LogP contribution in [0.25, 0.3) is 0 Å². The molecule has 1 unspecified atom stereocenters. The molecule has 0 saturated carbocycles. The SMILES string of the molecule is Cc1ccc(F)cc1CC(NN)c1ccc2c(c1)CCC2. The van der Waals surface area contributed by atoms with Crippen molar-refractivity contribution in [2.24, 2.45) is 5.84 Å². The number of hydrazine groups is 1. The van der Waals surface area contributed by atoms with Gasteiger partial charge in [0.05, 0.1) is 6.04 Å². The average molecular weight is 284 g/mol. The van der Waals surface area contributed by atoms with Gasteiger partial charge >= 0.3 is 0 Å². The molecule has 1 aliphatic carbocycles. The van der Waals surface area contributed by atoms with Crippen molar-refractivity contribution in [3.8, 4) is 0 Å². The lowest BCUT2D eigenvalue weighted by Crippen LogP contribution is -2.29. The molecule has 2 aromatic rings. The first kappa shape index (κ1) is 14.2. The Balaban J connectivity index is 1.86. The van der Waals surface area contributed by atoms with Gasteiger partial charge in [-0.1, -0.05) is 24.3 Å². The number of aryl methyl sites for hydroxylation is 3. The maximum atomic E-state index is 13.4. The van der Waals surface area contributed by atoms with E-state index >= 15 is 0 Å². The van der Waals surface area contributed by atoms with Crippen molar-refractivity contribution >= 4 is 0 Å². The number of rotatable bonds is 4. The molecule has 0 radical (unpaired) electrons. The Morgan fingerprint density at radius 1 is 1.14 bits per heavy atom. The molecule has 0 saturated heterocycles. The van der Waals surface area contributed by atoms with Crippen LogP contribution < -0.4 is 11.3 Å². The number of hydrogen-bond acceptors (Lipinski definition) is 2. The van der Waals surface area contributed by atoms with Gasteiger partial charge in [0, 0.05) is 0 Å². The molecule has 0 fully saturated rings. The Hall–Kier alpha value is -1.71. The van der Waals surface area contributed by atoms with E-state index in [-0.39, 0.29) is 11.9 Å². The fraction of sp³-hybridized carbons (Fsp3) is 0.333. The number of halogens is 1. The summed E-state index contributed by atoms with van der Waals surface area (Å²) < 4.78 is 13.4. The van der Waals surface area contributed by atoms with E-state index in [0.717, 1.165) is 17.5 Å². The summed E-state index contributed by atoms with van der Waals surface area (Å²) in [7, 11) is 0. The van der Waals surface area contributed by atoms with Crippen molar-refractivity contribution < 1.29 is 4.39 Å². The minimum absolute atomic E-state index is 0.0106. The summed E-state index contributed by atoms with van der Waals surface area (Å²) in [4.78, 5) is 0. The molecule has 21 heavy (non-hydrogen) atoms. The summed E-state index contributed by atoms with van der Waals surface area (Å²) in [6, 6.07) is 11.5. The molecule has 0 amide bonds. The molecule has 2 aromatic carbocycles. The lowest BCUT2D eigenvalue weighted by Gasteiger charge is -2.19. The highest BCUT2D eigenvalue weighted by molar-refractivity contribution is 5.37. The maximum Gasteiger partial charge on any atom is 0.123 e. The summed E-state index contributed by atoms with van der Waals surface area (Å²) >= 11 is 0. The summed E-state index contributed by atoms with van der Waals surface area (Å²) in [5.74, 6) is 5.55. The largest absolute Gasteiger partial charge is 0.271 e. The number of nitrogens with one attached hydrogen (secondary N) is 1. The summed E-state index contributed by atoms with van der Waals surface area (Å²) in [5, 5.41) is 0. The number of hydrogen-bond donors (Lipinski definition) is 2. The highest BCUT2D eigenvalue weighted by atomic mass is 19.1. The van der Waals surface area contributed by atoms with Crippen LogP contribution in [0, 0.1) is 12.7 Å². The van der Waals surface area contributed by atoms with E-state index in [9.17, 15) is 4.39 Å². The molecule has 110 valence electrons. The van der Waals surface area contributed by atoms with E-state index in [2.05, 4.69) is 23.6 Å². The molecule has 2 nitrogen and oxygen atoms in total. The zero-order chi connectivity index (χ0) is 14.8. The molecule has 3 heteroatoms. The van der Waals surface area contributed by atoms with Gasteiger partial charge in [-0.05, 0) is 72.6 Å². The Kier molecular flexibility index (Phi) is 4.04. The predicted molar refractivity (Wildman–Crippen MR) is 83.4 cm³/mol. The Bertz CT molecular complexity index is 652. The van der Waals surface area contributed by atoms with E-state index in [4.69, 9.17) is 5.84 Å². The minimum Gasteiger partial charge on any atom is -0.271 e. The molecule has 0 spiro atoms. The normalized spacial score (nSPS) is 15.0. The van der Waals surface area contributed by atoms with Gasteiger partial charge in [0.25, 0.3) is 0 Å². The topological polar surface area (TPSA) is 38.0 Å². The zero-order valence-electron chi connectivity index (χ0n) is 12.3. The number of benzene rings is 2. The van der Waals surface area contributed by atoms with Gasteiger partial charge in [-0.2, -0.15) is 0 Å². The van der Waals surface area contributed by atoms with Gasteiger partial charge in [-0.15, -0.1) is 0 Å². The minimum atomic E-state index is -0.194. The number of nitrogens with two attached hydrogens (primary N) is 1. The van der Waals surface area contributed by atoms with Crippen molar-refractivity contribution in [1.29, 1.82) is 0 Å². The number of fused-ring (bicyclic) bond motifs is 1. The summed E-state index contributed by atoms with van der Waals surface area (Å²) in [6.07, 6.45) is 4.26. The third kappa shape index (κ3) is 2.99. The molecule has 0 heterocycles. The molecule has 0 aliphatic heterocycles. The van der Waals surface area contributed by atoms with Crippen LogP contribution >= 0.6 is 0 Å². The van der Waals surface area contributed by atoms with E-state index in [1.165, 1.54) is 35.6 Å². The van der Waals surface area contributed by atoms with Crippen molar-refractivity contribution in [2.75, 3.05) is 0 Å². The smallest absolute Gasteiger partial charge is 0.123 e. The monoisotopic (exact) mass is 284 g/mol. The van der Waals surface area contributed by atoms with Crippen molar-refractivity contribution in [3.63, 3.8) is 0 Å². The Labute approximate surface area is 125 Å². The van der Waals surface area contributed by atoms with E-state index < -0.39 is 0 Å². The third-order valence-corrected chi connectivity index (χ3v) is 4.46. The van der Waals surface area contributed by atoms with Crippen LogP contribution in [0.15, 0.2) is 36.4 Å². The van der Waals surface area contributed by atoms with E-state index in [1.54, 1.807) is 6.07 Å². The van der Waals surface area contributed by atoms with Gasteiger partial charge in [0.15, 0.2) is 0 Å². The van der Waals surface area contributed by atoms with E-state index in [1.807, 2.05) is 13.0 Å². The lowest BCUT2D eigenvalue weighted by molar-refractivity contribution is 0.547. The van der Waals surface area contributed by atoms with Crippen LogP contribution in [0.3, 0.4) is 0 Å². The maximum absolute atomic E-state index is 13.4. The first-order valence-corrected chi connectivity index (χ1v) is 7.50. The second-order valence-electron chi connectivity index (χ2n) is 5.88. The zero-order valence-corrected chi connectivity index (χ0v) is 12.3. The fourth-order valence-electron chi connectivity index (χ4n) is 3.16. The van der Waals surface area contributed by atoms with Gasteiger partial charge in [0.1, 0.15) is 5.82 Å². The quantitative estimate of drug-likeness (QED) is 0.667. The highest BCUT2D eigenvalue weighted by Gasteiger charge is 2.16. The van der Waals surface area contributed by atoms with Crippen molar-refractivity contribution in [3.05, 3.63) is 70.0 Å². The molecule has 1 aliphatic rings. The lowest BCUT2D eigenvalue weighted by atomic mass is 9.94. The second-order valence-corrected chi connectivity index (χ2v) is 5.88. The van der Waals surface area contributed by atoms with Crippen LogP contribution in [0.2, 0.25) is 0 Å². The van der Waals surface area contributed by atoms with Crippen LogP contribution in [-0.4, -0.2) is 0 Å².